The highest BCUT2D eigenvalue weighted by Crippen LogP contribution is 2.36. The summed E-state index contributed by atoms with van der Waals surface area (Å²) in [6, 6.07) is 3.35. The zero-order valence-electron chi connectivity index (χ0n) is 15.2. The molecule has 148 valence electrons. The lowest BCUT2D eigenvalue weighted by Crippen LogP contribution is -2.48. The molecule has 0 bridgehead atoms. The fourth-order valence-corrected chi connectivity index (χ4v) is 6.96. The first kappa shape index (κ1) is 19.2. The number of aromatic nitrogens is 2. The maximum Gasteiger partial charge on any atom is 0.346 e. The van der Waals surface area contributed by atoms with Crippen molar-refractivity contribution >= 4 is 54.7 Å². The molecule has 1 N–H and O–H groups in total. The number of anilines is 1. The van der Waals surface area contributed by atoms with Crippen molar-refractivity contribution in [1.29, 1.82) is 0 Å². The highest BCUT2D eigenvalue weighted by molar-refractivity contribution is 7.91. The Morgan fingerprint density at radius 1 is 1.18 bits per heavy atom. The number of hydrogen-bond donors (Lipinski definition) is 1. The number of carboxylic acids is 1. The molecule has 0 unspecified atom stereocenters. The standard InChI is InChI=1S/C17H18N4O4S3/c1-10-13-15(18-11(2)19-16(13)27-14(10)17(22)23)20-5-7-21(8-6-20)28(24,25)12-4-3-9-26-12/h3-4,9H,5-8H2,1-2H3,(H,22,23). The molecule has 8 nitrogen and oxygen atoms in total. The van der Waals surface area contributed by atoms with Crippen LogP contribution >= 0.6 is 22.7 Å². The average Bonchev–Trinajstić information content (AvgIpc) is 3.30. The third-order valence-corrected chi connectivity index (χ3v) is 9.15. The lowest BCUT2D eigenvalue weighted by Gasteiger charge is -2.34. The van der Waals surface area contributed by atoms with E-state index in [2.05, 4.69) is 9.97 Å². The van der Waals surface area contributed by atoms with Gasteiger partial charge in [0.15, 0.2) is 0 Å². The summed E-state index contributed by atoms with van der Waals surface area (Å²) < 4.78 is 27.3. The number of rotatable bonds is 4. The van der Waals surface area contributed by atoms with Crippen LogP contribution in [0.1, 0.15) is 21.1 Å². The molecule has 0 radical (unpaired) electrons. The first-order chi connectivity index (χ1) is 13.3. The van der Waals surface area contributed by atoms with Crippen molar-refractivity contribution < 1.29 is 18.3 Å². The van der Waals surface area contributed by atoms with E-state index in [-0.39, 0.29) is 4.88 Å². The lowest BCUT2D eigenvalue weighted by atomic mass is 10.2. The third kappa shape index (κ3) is 3.17. The van der Waals surface area contributed by atoms with Crippen LogP contribution in [0.25, 0.3) is 10.2 Å². The summed E-state index contributed by atoms with van der Waals surface area (Å²) in [5, 5.41) is 11.9. The van der Waals surface area contributed by atoms with Crippen molar-refractivity contribution in [2.45, 2.75) is 18.1 Å². The smallest absolute Gasteiger partial charge is 0.346 e. The van der Waals surface area contributed by atoms with E-state index in [1.54, 1.807) is 31.4 Å². The van der Waals surface area contributed by atoms with Gasteiger partial charge in [-0.3, -0.25) is 0 Å². The summed E-state index contributed by atoms with van der Waals surface area (Å²) in [7, 11) is -3.47. The highest BCUT2D eigenvalue weighted by Gasteiger charge is 2.31. The number of carbonyl (C=O) groups is 1. The van der Waals surface area contributed by atoms with Crippen LogP contribution in [-0.4, -0.2) is 59.9 Å². The maximum atomic E-state index is 12.7. The van der Waals surface area contributed by atoms with Crippen LogP contribution in [0.15, 0.2) is 21.7 Å². The molecule has 3 aromatic rings. The summed E-state index contributed by atoms with van der Waals surface area (Å²) >= 11 is 2.36. The molecule has 0 amide bonds. The maximum absolute atomic E-state index is 12.7. The average molecular weight is 439 g/mol. The molecule has 4 heterocycles. The summed E-state index contributed by atoms with van der Waals surface area (Å²) in [6.45, 7) is 5.19. The number of thiophene rings is 2. The first-order valence-electron chi connectivity index (χ1n) is 8.58. The van der Waals surface area contributed by atoms with Crippen LogP contribution in [0.5, 0.6) is 0 Å². The number of aromatic carboxylic acids is 1. The van der Waals surface area contributed by atoms with Gasteiger partial charge in [0.2, 0.25) is 0 Å². The van der Waals surface area contributed by atoms with E-state index in [1.807, 2.05) is 4.90 Å². The van der Waals surface area contributed by atoms with Gasteiger partial charge in [-0.05, 0) is 30.9 Å². The van der Waals surface area contributed by atoms with Gasteiger partial charge in [0.1, 0.15) is 25.6 Å². The fraction of sp³-hybridized carbons (Fsp3) is 0.353. The van der Waals surface area contributed by atoms with E-state index in [0.29, 0.717) is 52.4 Å². The van der Waals surface area contributed by atoms with E-state index in [1.165, 1.54) is 15.6 Å². The Bertz CT molecular complexity index is 1150. The Hall–Kier alpha value is -2.08. The Morgan fingerprint density at radius 2 is 1.89 bits per heavy atom. The van der Waals surface area contributed by atoms with E-state index in [0.717, 1.165) is 16.7 Å². The van der Waals surface area contributed by atoms with Gasteiger partial charge in [-0.2, -0.15) is 4.31 Å². The van der Waals surface area contributed by atoms with Crippen molar-refractivity contribution in [2.75, 3.05) is 31.1 Å². The summed E-state index contributed by atoms with van der Waals surface area (Å²) in [5.41, 5.74) is 0.649. The molecule has 3 aromatic heterocycles. The van der Waals surface area contributed by atoms with Crippen LogP contribution in [0.3, 0.4) is 0 Å². The molecule has 28 heavy (non-hydrogen) atoms. The third-order valence-electron chi connectivity index (χ3n) is 4.70. The molecular formula is C17H18N4O4S3. The van der Waals surface area contributed by atoms with Crippen molar-refractivity contribution in [3.63, 3.8) is 0 Å². The minimum absolute atomic E-state index is 0.259. The quantitative estimate of drug-likeness (QED) is 0.668. The number of aryl methyl sites for hydroxylation is 2. The van der Waals surface area contributed by atoms with Crippen LogP contribution < -0.4 is 4.90 Å². The molecule has 1 aliphatic heterocycles. The molecule has 11 heteroatoms. The molecular weight excluding hydrogens is 420 g/mol. The Labute approximate surface area is 170 Å². The molecule has 1 saturated heterocycles. The SMILES string of the molecule is Cc1nc(N2CCN(S(=O)(=O)c3cccs3)CC2)c2c(C)c(C(=O)O)sc2n1. The van der Waals surface area contributed by atoms with Crippen LogP contribution in [0, 0.1) is 13.8 Å². The summed E-state index contributed by atoms with van der Waals surface area (Å²) in [4.78, 5) is 23.4. The first-order valence-corrected chi connectivity index (χ1v) is 11.7. The van der Waals surface area contributed by atoms with E-state index in [4.69, 9.17) is 0 Å². The number of hydrogen-bond acceptors (Lipinski definition) is 8. The van der Waals surface area contributed by atoms with Crippen LogP contribution in [-0.2, 0) is 10.0 Å². The van der Waals surface area contributed by atoms with Gasteiger partial charge in [0.05, 0.1) is 5.39 Å². The Kier molecular flexibility index (Phi) is 4.86. The molecule has 0 spiro atoms. The lowest BCUT2D eigenvalue weighted by molar-refractivity contribution is 0.0701. The predicted molar refractivity (Wildman–Crippen MR) is 109 cm³/mol. The van der Waals surface area contributed by atoms with Gasteiger partial charge < -0.3 is 10.0 Å². The minimum Gasteiger partial charge on any atom is -0.477 e. The topological polar surface area (TPSA) is 104 Å². The van der Waals surface area contributed by atoms with Gasteiger partial charge in [0, 0.05) is 26.2 Å². The normalized spacial score (nSPS) is 16.0. The molecule has 0 aliphatic carbocycles. The van der Waals surface area contributed by atoms with Gasteiger partial charge in [-0.1, -0.05) is 6.07 Å². The van der Waals surface area contributed by atoms with Gasteiger partial charge in [-0.15, -0.1) is 22.7 Å². The van der Waals surface area contributed by atoms with E-state index < -0.39 is 16.0 Å². The van der Waals surface area contributed by atoms with Crippen molar-refractivity contribution in [3.8, 4) is 0 Å². The van der Waals surface area contributed by atoms with E-state index in [9.17, 15) is 18.3 Å². The Morgan fingerprint density at radius 3 is 2.50 bits per heavy atom. The van der Waals surface area contributed by atoms with Gasteiger partial charge in [0.25, 0.3) is 10.0 Å². The monoisotopic (exact) mass is 438 g/mol. The van der Waals surface area contributed by atoms with Gasteiger partial charge >= 0.3 is 5.97 Å². The largest absolute Gasteiger partial charge is 0.477 e. The number of sulfonamides is 1. The molecule has 0 atom stereocenters. The number of nitrogens with zero attached hydrogens (tertiary/aromatic N) is 4. The second-order valence-corrected chi connectivity index (χ2v) is 10.6. The van der Waals surface area contributed by atoms with Crippen LogP contribution in [0.2, 0.25) is 0 Å². The number of piperazine rings is 1. The van der Waals surface area contributed by atoms with E-state index >= 15 is 0 Å². The van der Waals surface area contributed by atoms with Gasteiger partial charge in [-0.25, -0.2) is 23.2 Å². The number of fused-ring (bicyclic) bond motifs is 1. The van der Waals surface area contributed by atoms with Crippen LogP contribution in [0.4, 0.5) is 5.82 Å². The summed E-state index contributed by atoms with van der Waals surface area (Å²) in [5.74, 6) is 0.266. The molecule has 0 aromatic carbocycles. The van der Waals surface area contributed by atoms with Crippen molar-refractivity contribution in [2.24, 2.45) is 0 Å². The predicted octanol–water partition coefficient (Wildman–Crippen LogP) is 2.58. The zero-order chi connectivity index (χ0) is 20.1. The van der Waals surface area contributed by atoms with Crippen molar-refractivity contribution in [1.82, 2.24) is 14.3 Å². The number of carboxylic acid groups (broad SMARTS) is 1. The Balaban J connectivity index is 1.65. The highest BCUT2D eigenvalue weighted by atomic mass is 32.2. The summed E-state index contributed by atoms with van der Waals surface area (Å²) in [6.07, 6.45) is 0. The molecule has 1 aliphatic rings. The fourth-order valence-electron chi connectivity index (χ4n) is 3.33. The second kappa shape index (κ2) is 7.07. The molecule has 0 saturated carbocycles. The second-order valence-electron chi connectivity index (χ2n) is 6.46. The molecule has 1 fully saturated rings. The van der Waals surface area contributed by atoms with Crippen molar-refractivity contribution in [3.05, 3.63) is 33.8 Å². The molecule has 4 rings (SSSR count). The zero-order valence-corrected chi connectivity index (χ0v) is 17.7. The minimum atomic E-state index is -3.47.